The molecule has 0 aliphatic heterocycles. The SMILES string of the molecule is CC(NS(=O)(=O)N(C)C(C)C)c1cccc(C#CCO)c1. The van der Waals surface area contributed by atoms with Gasteiger partial charge in [-0.25, -0.2) is 0 Å². The minimum Gasteiger partial charge on any atom is -0.384 e. The van der Waals surface area contributed by atoms with E-state index in [0.717, 1.165) is 11.1 Å². The lowest BCUT2D eigenvalue weighted by molar-refractivity contribution is 0.350. The minimum absolute atomic E-state index is 0.114. The Morgan fingerprint density at radius 3 is 2.57 bits per heavy atom. The molecule has 0 radical (unpaired) electrons. The second-order valence-electron chi connectivity index (χ2n) is 5.04. The summed E-state index contributed by atoms with van der Waals surface area (Å²) in [5.74, 6) is 5.38. The van der Waals surface area contributed by atoms with Gasteiger partial charge in [0.1, 0.15) is 6.61 Å². The highest BCUT2D eigenvalue weighted by Gasteiger charge is 2.22. The highest BCUT2D eigenvalue weighted by Crippen LogP contribution is 2.16. The fraction of sp³-hybridized carbons (Fsp3) is 0.467. The third-order valence-corrected chi connectivity index (χ3v) is 4.96. The minimum atomic E-state index is -3.53. The lowest BCUT2D eigenvalue weighted by atomic mass is 10.1. The third-order valence-electron chi connectivity index (χ3n) is 3.13. The second kappa shape index (κ2) is 7.57. The molecule has 0 amide bonds. The number of hydrogen-bond acceptors (Lipinski definition) is 3. The van der Waals surface area contributed by atoms with Crippen molar-refractivity contribution in [1.29, 1.82) is 0 Å². The van der Waals surface area contributed by atoms with E-state index in [1.54, 1.807) is 14.0 Å². The van der Waals surface area contributed by atoms with Crippen molar-refractivity contribution >= 4 is 10.2 Å². The van der Waals surface area contributed by atoms with E-state index in [1.807, 2.05) is 38.1 Å². The molecule has 6 heteroatoms. The van der Waals surface area contributed by atoms with Crippen molar-refractivity contribution in [3.63, 3.8) is 0 Å². The molecule has 0 spiro atoms. The highest BCUT2D eigenvalue weighted by molar-refractivity contribution is 7.87. The van der Waals surface area contributed by atoms with Crippen LogP contribution in [-0.2, 0) is 10.2 Å². The first kappa shape index (κ1) is 17.7. The summed E-state index contributed by atoms with van der Waals surface area (Å²) in [6.45, 7) is 5.21. The first-order chi connectivity index (χ1) is 9.77. The van der Waals surface area contributed by atoms with Crippen molar-refractivity contribution < 1.29 is 13.5 Å². The van der Waals surface area contributed by atoms with Crippen LogP contribution in [0.2, 0.25) is 0 Å². The summed E-state index contributed by atoms with van der Waals surface area (Å²) in [7, 11) is -1.98. The summed E-state index contributed by atoms with van der Waals surface area (Å²) < 4.78 is 28.3. The zero-order valence-corrected chi connectivity index (χ0v) is 13.6. The molecule has 0 saturated carbocycles. The Kier molecular flexibility index (Phi) is 6.37. The van der Waals surface area contributed by atoms with E-state index in [2.05, 4.69) is 16.6 Å². The number of benzene rings is 1. The van der Waals surface area contributed by atoms with Gasteiger partial charge >= 0.3 is 0 Å². The van der Waals surface area contributed by atoms with Gasteiger partial charge < -0.3 is 5.11 Å². The van der Waals surface area contributed by atoms with Crippen LogP contribution < -0.4 is 4.72 Å². The van der Waals surface area contributed by atoms with Crippen molar-refractivity contribution in [1.82, 2.24) is 9.03 Å². The molecule has 0 bridgehead atoms. The number of nitrogens with one attached hydrogen (secondary N) is 1. The summed E-state index contributed by atoms with van der Waals surface area (Å²) in [4.78, 5) is 0. The fourth-order valence-electron chi connectivity index (χ4n) is 1.68. The average Bonchev–Trinajstić information content (AvgIpc) is 2.44. The highest BCUT2D eigenvalue weighted by atomic mass is 32.2. The number of rotatable bonds is 5. The average molecular weight is 310 g/mol. The van der Waals surface area contributed by atoms with E-state index in [4.69, 9.17) is 5.11 Å². The van der Waals surface area contributed by atoms with Crippen LogP contribution >= 0.6 is 0 Å². The van der Waals surface area contributed by atoms with Gasteiger partial charge in [-0.05, 0) is 38.5 Å². The molecular weight excluding hydrogens is 288 g/mol. The molecule has 116 valence electrons. The maximum absolute atomic E-state index is 12.2. The zero-order valence-electron chi connectivity index (χ0n) is 12.8. The van der Waals surface area contributed by atoms with Crippen molar-refractivity contribution in [2.24, 2.45) is 0 Å². The van der Waals surface area contributed by atoms with Gasteiger partial charge in [0, 0.05) is 24.7 Å². The lowest BCUT2D eigenvalue weighted by Gasteiger charge is -2.24. The van der Waals surface area contributed by atoms with E-state index in [9.17, 15) is 8.42 Å². The molecule has 21 heavy (non-hydrogen) atoms. The molecular formula is C15H22N2O3S. The van der Waals surface area contributed by atoms with E-state index < -0.39 is 10.2 Å². The summed E-state index contributed by atoms with van der Waals surface area (Å²) in [5.41, 5.74) is 1.56. The molecule has 0 heterocycles. The topological polar surface area (TPSA) is 69.6 Å². The number of hydrogen-bond donors (Lipinski definition) is 2. The number of aliphatic hydroxyl groups is 1. The van der Waals surface area contributed by atoms with Gasteiger partial charge in [-0.15, -0.1) is 0 Å². The Morgan fingerprint density at radius 2 is 2.00 bits per heavy atom. The van der Waals surface area contributed by atoms with E-state index >= 15 is 0 Å². The molecule has 1 unspecified atom stereocenters. The van der Waals surface area contributed by atoms with Crippen LogP contribution in [0.4, 0.5) is 0 Å². The van der Waals surface area contributed by atoms with Crippen LogP contribution in [0, 0.1) is 11.8 Å². The molecule has 0 aliphatic rings. The molecule has 1 rings (SSSR count). The quantitative estimate of drug-likeness (QED) is 0.805. The predicted octanol–water partition coefficient (Wildman–Crippen LogP) is 1.27. The van der Waals surface area contributed by atoms with Crippen LogP contribution in [0.5, 0.6) is 0 Å². The Hall–Kier alpha value is -1.39. The van der Waals surface area contributed by atoms with Crippen LogP contribution in [0.25, 0.3) is 0 Å². The maximum Gasteiger partial charge on any atom is 0.279 e. The van der Waals surface area contributed by atoms with Crippen LogP contribution in [0.3, 0.4) is 0 Å². The lowest BCUT2D eigenvalue weighted by Crippen LogP contribution is -2.42. The molecule has 1 aromatic rings. The Balaban J connectivity index is 2.92. The molecule has 2 N–H and O–H groups in total. The molecule has 0 aliphatic carbocycles. The summed E-state index contributed by atoms with van der Waals surface area (Å²) in [6, 6.07) is 6.79. The summed E-state index contributed by atoms with van der Waals surface area (Å²) in [5, 5.41) is 8.70. The summed E-state index contributed by atoms with van der Waals surface area (Å²) >= 11 is 0. The Bertz CT molecular complexity index is 630. The predicted molar refractivity (Wildman–Crippen MR) is 83.8 cm³/mol. The summed E-state index contributed by atoms with van der Waals surface area (Å²) in [6.07, 6.45) is 0. The largest absolute Gasteiger partial charge is 0.384 e. The third kappa shape index (κ3) is 5.14. The maximum atomic E-state index is 12.2. The van der Waals surface area contributed by atoms with Crippen molar-refractivity contribution in [3.05, 3.63) is 35.4 Å². The first-order valence-corrected chi connectivity index (χ1v) is 8.17. The van der Waals surface area contributed by atoms with Gasteiger partial charge in [-0.3, -0.25) is 0 Å². The number of nitrogens with zero attached hydrogens (tertiary/aromatic N) is 1. The Labute approximate surface area is 127 Å². The molecule has 5 nitrogen and oxygen atoms in total. The van der Waals surface area contributed by atoms with Crippen LogP contribution in [-0.4, -0.2) is 37.5 Å². The van der Waals surface area contributed by atoms with E-state index in [-0.39, 0.29) is 18.7 Å². The van der Waals surface area contributed by atoms with Crippen LogP contribution in [0.1, 0.15) is 37.9 Å². The van der Waals surface area contributed by atoms with Gasteiger partial charge in [0.15, 0.2) is 0 Å². The molecule has 0 aromatic heterocycles. The van der Waals surface area contributed by atoms with Gasteiger partial charge in [0.2, 0.25) is 0 Å². The van der Waals surface area contributed by atoms with Crippen molar-refractivity contribution in [2.45, 2.75) is 32.9 Å². The van der Waals surface area contributed by atoms with E-state index in [1.165, 1.54) is 4.31 Å². The van der Waals surface area contributed by atoms with E-state index in [0.29, 0.717) is 0 Å². The normalized spacial score (nSPS) is 13.1. The monoisotopic (exact) mass is 310 g/mol. The Morgan fingerprint density at radius 1 is 1.33 bits per heavy atom. The zero-order chi connectivity index (χ0) is 16.0. The second-order valence-corrected chi connectivity index (χ2v) is 6.80. The van der Waals surface area contributed by atoms with Gasteiger partial charge in [0.05, 0.1) is 0 Å². The van der Waals surface area contributed by atoms with Crippen molar-refractivity contribution in [3.8, 4) is 11.8 Å². The van der Waals surface area contributed by atoms with Crippen molar-refractivity contribution in [2.75, 3.05) is 13.7 Å². The fourth-order valence-corrected chi connectivity index (χ4v) is 2.98. The standard InChI is InChI=1S/C15H22N2O3S/c1-12(2)17(4)21(19,20)16-13(3)15-9-5-7-14(11-15)8-6-10-18/h5,7,9,11-13,16,18H,10H2,1-4H3. The number of aliphatic hydroxyl groups excluding tert-OH is 1. The molecule has 0 fully saturated rings. The van der Waals surface area contributed by atoms with Gasteiger partial charge in [-0.1, -0.05) is 24.0 Å². The molecule has 1 atom stereocenters. The first-order valence-electron chi connectivity index (χ1n) is 6.73. The van der Waals surface area contributed by atoms with Crippen LogP contribution in [0.15, 0.2) is 24.3 Å². The smallest absolute Gasteiger partial charge is 0.279 e. The van der Waals surface area contributed by atoms with Gasteiger partial charge in [-0.2, -0.15) is 17.4 Å². The van der Waals surface area contributed by atoms with Gasteiger partial charge in [0.25, 0.3) is 10.2 Å². The molecule has 1 aromatic carbocycles. The molecule has 0 saturated heterocycles.